The lowest BCUT2D eigenvalue weighted by Crippen LogP contribution is -2.70. The number of anilines is 1. The average Bonchev–Trinajstić information content (AvgIpc) is 3.24. The maximum atomic E-state index is 15.2. The van der Waals surface area contributed by atoms with Crippen molar-refractivity contribution in [2.75, 3.05) is 38.0 Å². The summed E-state index contributed by atoms with van der Waals surface area (Å²) in [5.74, 6) is -3.45. The van der Waals surface area contributed by atoms with Gasteiger partial charge in [-0.3, -0.25) is 9.88 Å². The Labute approximate surface area is 209 Å². The number of amides is 1. The maximum absolute atomic E-state index is 15.2. The van der Waals surface area contributed by atoms with Gasteiger partial charge in [-0.25, -0.2) is 18.0 Å². The van der Waals surface area contributed by atoms with Crippen molar-refractivity contribution in [1.82, 2.24) is 14.8 Å². The average molecular weight is 503 g/mol. The highest BCUT2D eigenvalue weighted by molar-refractivity contribution is 5.74. The zero-order chi connectivity index (χ0) is 25.9. The van der Waals surface area contributed by atoms with E-state index in [1.807, 2.05) is 30.0 Å². The Hall–Kier alpha value is -2.81. The van der Waals surface area contributed by atoms with E-state index < -0.39 is 35.4 Å². The van der Waals surface area contributed by atoms with Crippen LogP contribution in [0.5, 0.6) is 0 Å². The van der Waals surface area contributed by atoms with Gasteiger partial charge in [-0.1, -0.05) is 12.1 Å². The molecule has 9 heteroatoms. The molecule has 1 aromatic carbocycles. The third-order valence-electron chi connectivity index (χ3n) is 7.70. The summed E-state index contributed by atoms with van der Waals surface area (Å²) in [5.41, 5.74) is 1.90. The maximum Gasteiger partial charge on any atom is 0.410 e. The molecule has 1 unspecified atom stereocenters. The van der Waals surface area contributed by atoms with Gasteiger partial charge in [0, 0.05) is 49.7 Å². The predicted octanol–water partition coefficient (Wildman–Crippen LogP) is 5.49. The van der Waals surface area contributed by atoms with Crippen LogP contribution in [0, 0.1) is 11.2 Å². The molecule has 1 atom stereocenters. The molecular weight excluding hydrogens is 469 g/mol. The molecule has 4 heterocycles. The van der Waals surface area contributed by atoms with Crippen LogP contribution >= 0.6 is 0 Å². The van der Waals surface area contributed by atoms with E-state index in [-0.39, 0.29) is 32.1 Å². The Kier molecular flexibility index (Phi) is 5.97. The first-order chi connectivity index (χ1) is 16.9. The molecule has 0 saturated carbocycles. The quantitative estimate of drug-likeness (QED) is 0.601. The minimum atomic E-state index is -3.03. The second-order valence-corrected chi connectivity index (χ2v) is 11.3. The van der Waals surface area contributed by atoms with Gasteiger partial charge in [0.1, 0.15) is 17.1 Å². The summed E-state index contributed by atoms with van der Waals surface area (Å²) in [6.45, 7) is 7.81. The molecule has 1 amide bonds. The molecule has 2 saturated heterocycles. The fourth-order valence-corrected chi connectivity index (χ4v) is 5.55. The van der Waals surface area contributed by atoms with E-state index in [0.717, 1.165) is 34.7 Å². The normalized spacial score (nSPS) is 21.5. The topological polar surface area (TPSA) is 57.7 Å². The van der Waals surface area contributed by atoms with Gasteiger partial charge in [-0.05, 0) is 63.8 Å². The van der Waals surface area contributed by atoms with Gasteiger partial charge in [0.05, 0.1) is 12.0 Å². The molecule has 0 aliphatic carbocycles. The zero-order valence-corrected chi connectivity index (χ0v) is 21.2. The fourth-order valence-electron chi connectivity index (χ4n) is 5.55. The van der Waals surface area contributed by atoms with Crippen molar-refractivity contribution in [3.8, 4) is 11.3 Å². The molecule has 5 rings (SSSR count). The lowest BCUT2D eigenvalue weighted by Gasteiger charge is -2.58. The van der Waals surface area contributed by atoms with Crippen LogP contribution in [0.3, 0.4) is 0 Å². The lowest BCUT2D eigenvalue weighted by atomic mass is 9.68. The van der Waals surface area contributed by atoms with Crippen molar-refractivity contribution in [2.24, 2.45) is 5.41 Å². The Morgan fingerprint density at radius 1 is 1.22 bits per heavy atom. The summed E-state index contributed by atoms with van der Waals surface area (Å²) in [6, 6.07) is 6.97. The molecule has 1 spiro atoms. The lowest BCUT2D eigenvalue weighted by molar-refractivity contribution is -0.227. The van der Waals surface area contributed by atoms with E-state index in [1.54, 1.807) is 27.0 Å². The Balaban J connectivity index is 1.26. The molecule has 0 radical (unpaired) electrons. The first kappa shape index (κ1) is 24.9. The fraction of sp³-hybridized carbons (Fsp3) is 0.556. The number of hydrogen-bond acceptors (Lipinski definition) is 5. The number of rotatable bonds is 3. The van der Waals surface area contributed by atoms with Gasteiger partial charge in [0.15, 0.2) is 0 Å². The number of benzene rings is 1. The van der Waals surface area contributed by atoms with Crippen LogP contribution in [0.4, 0.5) is 23.7 Å². The number of halogens is 3. The van der Waals surface area contributed by atoms with Crippen molar-refractivity contribution in [1.29, 1.82) is 0 Å². The first-order valence-corrected chi connectivity index (χ1v) is 12.5. The number of carbonyl (C=O) groups excluding carboxylic acids is 1. The van der Waals surface area contributed by atoms with Gasteiger partial charge >= 0.3 is 6.09 Å². The van der Waals surface area contributed by atoms with Crippen molar-refractivity contribution >= 4 is 11.8 Å². The van der Waals surface area contributed by atoms with Crippen molar-refractivity contribution in [3.05, 3.63) is 47.4 Å². The van der Waals surface area contributed by atoms with Gasteiger partial charge in [0.2, 0.25) is 0 Å². The number of aromatic nitrogens is 1. The Morgan fingerprint density at radius 3 is 2.64 bits per heavy atom. The number of alkyl halides is 2. The van der Waals surface area contributed by atoms with Crippen LogP contribution in [-0.4, -0.2) is 65.1 Å². The van der Waals surface area contributed by atoms with Crippen LogP contribution < -0.4 is 5.32 Å². The molecule has 0 bridgehead atoms. The van der Waals surface area contributed by atoms with Crippen molar-refractivity contribution < 1.29 is 22.7 Å². The van der Waals surface area contributed by atoms with E-state index in [9.17, 15) is 4.79 Å². The highest BCUT2D eigenvalue weighted by Crippen LogP contribution is 2.52. The van der Waals surface area contributed by atoms with Crippen LogP contribution in [0.2, 0.25) is 0 Å². The molecule has 3 aliphatic heterocycles. The van der Waals surface area contributed by atoms with E-state index in [2.05, 4.69) is 10.3 Å². The second-order valence-electron chi connectivity index (χ2n) is 11.3. The minimum absolute atomic E-state index is 0.185. The minimum Gasteiger partial charge on any atom is -0.444 e. The number of piperidine rings is 1. The van der Waals surface area contributed by atoms with Gasteiger partial charge < -0.3 is 15.0 Å². The number of pyridine rings is 1. The molecule has 2 fully saturated rings. The van der Waals surface area contributed by atoms with Gasteiger partial charge in [0.25, 0.3) is 5.92 Å². The zero-order valence-electron chi connectivity index (χ0n) is 21.2. The second kappa shape index (κ2) is 8.64. The monoisotopic (exact) mass is 502 g/mol. The number of nitrogens with zero attached hydrogens (tertiary/aromatic N) is 3. The van der Waals surface area contributed by atoms with E-state index in [0.29, 0.717) is 11.3 Å². The van der Waals surface area contributed by atoms with Gasteiger partial charge in [-0.15, -0.1) is 0 Å². The molecular formula is C27H33F3N4O2. The molecule has 3 aliphatic rings. The summed E-state index contributed by atoms with van der Waals surface area (Å²) < 4.78 is 51.0. The molecule has 194 valence electrons. The van der Waals surface area contributed by atoms with Crippen molar-refractivity contribution in [2.45, 2.75) is 58.1 Å². The number of likely N-dealkylation sites (tertiary alicyclic amines) is 2. The summed E-state index contributed by atoms with van der Waals surface area (Å²) in [6.07, 6.45) is 1.96. The van der Waals surface area contributed by atoms with E-state index >= 15 is 13.2 Å². The van der Waals surface area contributed by atoms with Crippen LogP contribution in [0.15, 0.2) is 30.5 Å². The molecule has 1 aromatic heterocycles. The molecule has 36 heavy (non-hydrogen) atoms. The highest BCUT2D eigenvalue weighted by Gasteiger charge is 2.63. The third kappa shape index (κ3) is 4.31. The van der Waals surface area contributed by atoms with Crippen molar-refractivity contribution in [3.63, 3.8) is 0 Å². The summed E-state index contributed by atoms with van der Waals surface area (Å²) in [4.78, 5) is 19.8. The van der Waals surface area contributed by atoms with E-state index in [4.69, 9.17) is 4.74 Å². The number of fused-ring (bicyclic) bond motifs is 1. The molecule has 6 nitrogen and oxygen atoms in total. The third-order valence-corrected chi connectivity index (χ3v) is 7.70. The molecule has 1 N–H and O–H groups in total. The first-order valence-electron chi connectivity index (χ1n) is 12.5. The summed E-state index contributed by atoms with van der Waals surface area (Å²) in [7, 11) is 0. The Morgan fingerprint density at radius 2 is 1.97 bits per heavy atom. The van der Waals surface area contributed by atoms with Crippen LogP contribution in [0.1, 0.15) is 51.3 Å². The largest absolute Gasteiger partial charge is 0.444 e. The van der Waals surface area contributed by atoms with Crippen LogP contribution in [0.25, 0.3) is 11.3 Å². The number of nitrogens with one attached hydrogen (secondary N) is 1. The Bertz CT molecular complexity index is 1170. The number of carbonyl (C=O) groups is 1. The van der Waals surface area contributed by atoms with E-state index in [1.165, 1.54) is 6.07 Å². The number of hydrogen-bond donors (Lipinski definition) is 1. The summed E-state index contributed by atoms with van der Waals surface area (Å²) in [5, 5.41) is 3.30. The standard InChI is InChI=1S/C27H33F3N4O2/c1-17(18-12-21(28)23(32-13-18)20-6-5-7-22-19(20)8-10-31-22)34-14-26(15-34)9-11-33(16-27(26,29)30)24(35)36-25(2,3)4/h5-7,12-13,17,31H,8-11,14-16H2,1-4H3. The highest BCUT2D eigenvalue weighted by atomic mass is 19.3. The van der Waals surface area contributed by atoms with Crippen LogP contribution in [-0.2, 0) is 11.2 Å². The number of ether oxygens (including phenoxy) is 1. The predicted molar refractivity (Wildman–Crippen MR) is 132 cm³/mol. The SMILES string of the molecule is CC(c1cnc(-c2cccc3c2CCN3)c(F)c1)N1CC2(CCN(C(=O)OC(C)(C)C)CC2(F)F)C1. The smallest absolute Gasteiger partial charge is 0.410 e. The van der Waals surface area contributed by atoms with Gasteiger partial charge in [-0.2, -0.15) is 0 Å². The summed E-state index contributed by atoms with van der Waals surface area (Å²) >= 11 is 0. The molecule has 2 aromatic rings.